The topological polar surface area (TPSA) is 89.4 Å². The van der Waals surface area contributed by atoms with E-state index in [1.165, 1.54) is 23.4 Å². The largest absolute Gasteiger partial charge is 0.477 e. The number of thioether (sulfide) groups is 1. The van der Waals surface area contributed by atoms with Gasteiger partial charge in [-0.1, -0.05) is 36.4 Å². The van der Waals surface area contributed by atoms with Gasteiger partial charge in [0.2, 0.25) is 5.89 Å². The van der Waals surface area contributed by atoms with Crippen molar-refractivity contribution in [3.05, 3.63) is 58.5 Å². The number of benzene rings is 1. The first-order chi connectivity index (χ1) is 12.5. The lowest BCUT2D eigenvalue weighted by molar-refractivity contribution is -0.131. The van der Waals surface area contributed by atoms with Crippen molar-refractivity contribution in [2.45, 2.75) is 35.5 Å². The molecular formula is C18H16N2O4S2. The molecule has 0 aliphatic heterocycles. The van der Waals surface area contributed by atoms with E-state index in [0.29, 0.717) is 23.2 Å². The molecule has 0 atom stereocenters. The van der Waals surface area contributed by atoms with Crippen LogP contribution in [-0.2, 0) is 11.2 Å². The zero-order valence-electron chi connectivity index (χ0n) is 14.1. The van der Waals surface area contributed by atoms with E-state index in [1.807, 2.05) is 44.2 Å². The summed E-state index contributed by atoms with van der Waals surface area (Å²) >= 11 is 2.37. The monoisotopic (exact) mass is 388 g/mol. The van der Waals surface area contributed by atoms with Gasteiger partial charge in [-0.3, -0.25) is 0 Å². The van der Waals surface area contributed by atoms with Crippen LogP contribution in [0.3, 0.4) is 0 Å². The van der Waals surface area contributed by atoms with Gasteiger partial charge in [0.15, 0.2) is 5.09 Å². The Morgan fingerprint density at radius 2 is 1.92 bits per heavy atom. The Balaban J connectivity index is 1.74. The van der Waals surface area contributed by atoms with Crippen LogP contribution >= 0.6 is 23.5 Å². The Labute approximate surface area is 158 Å². The number of furan rings is 1. The molecule has 0 spiro atoms. The zero-order valence-corrected chi connectivity index (χ0v) is 15.8. The average molecular weight is 388 g/mol. The van der Waals surface area contributed by atoms with Crippen LogP contribution in [0.15, 0.2) is 65.3 Å². The lowest BCUT2D eigenvalue weighted by Gasteiger charge is -1.99. The summed E-state index contributed by atoms with van der Waals surface area (Å²) in [5, 5.41) is 17.9. The molecule has 1 N–H and O–H groups in total. The third-order valence-electron chi connectivity index (χ3n) is 3.27. The number of carboxylic acids is 1. The molecule has 134 valence electrons. The predicted octanol–water partition coefficient (Wildman–Crippen LogP) is 4.90. The Hall–Kier alpha value is -2.45. The van der Waals surface area contributed by atoms with Crippen LogP contribution in [-0.4, -0.2) is 21.3 Å². The minimum Gasteiger partial charge on any atom is -0.477 e. The van der Waals surface area contributed by atoms with Gasteiger partial charge in [-0.15, -0.1) is 10.2 Å². The first kappa shape index (κ1) is 18.3. The van der Waals surface area contributed by atoms with Crippen molar-refractivity contribution in [3.8, 4) is 0 Å². The highest BCUT2D eigenvalue weighted by molar-refractivity contribution is 8.03. The van der Waals surface area contributed by atoms with Gasteiger partial charge in [-0.25, -0.2) is 4.79 Å². The summed E-state index contributed by atoms with van der Waals surface area (Å²) in [6.45, 7) is 3.91. The number of aromatic nitrogens is 2. The molecule has 0 aliphatic rings. The summed E-state index contributed by atoms with van der Waals surface area (Å²) in [5.74, 6) is -0.179. The zero-order chi connectivity index (χ0) is 18.5. The van der Waals surface area contributed by atoms with E-state index < -0.39 is 5.97 Å². The van der Waals surface area contributed by atoms with Gasteiger partial charge < -0.3 is 13.9 Å². The maximum Gasteiger partial charge on any atom is 0.342 e. The summed E-state index contributed by atoms with van der Waals surface area (Å²) in [6, 6.07) is 11.6. The van der Waals surface area contributed by atoms with E-state index in [4.69, 9.17) is 8.83 Å². The number of carbonyl (C=O) groups is 1. The second kappa shape index (κ2) is 8.29. The fourth-order valence-corrected chi connectivity index (χ4v) is 3.42. The van der Waals surface area contributed by atoms with E-state index in [-0.39, 0.29) is 10.1 Å². The molecule has 8 heteroatoms. The van der Waals surface area contributed by atoms with Crippen molar-refractivity contribution in [1.82, 2.24) is 10.2 Å². The van der Waals surface area contributed by atoms with Crippen molar-refractivity contribution in [2.24, 2.45) is 0 Å². The van der Waals surface area contributed by atoms with E-state index in [1.54, 1.807) is 6.07 Å². The quantitative estimate of drug-likeness (QED) is 0.451. The highest BCUT2D eigenvalue weighted by Gasteiger charge is 2.16. The summed E-state index contributed by atoms with van der Waals surface area (Å²) in [5.41, 5.74) is 1.19. The van der Waals surface area contributed by atoms with E-state index in [0.717, 1.165) is 16.7 Å². The second-order valence-corrected chi connectivity index (χ2v) is 7.37. The molecule has 0 radical (unpaired) electrons. The molecule has 1 aromatic carbocycles. The van der Waals surface area contributed by atoms with Gasteiger partial charge in [0.1, 0.15) is 10.7 Å². The highest BCUT2D eigenvalue weighted by atomic mass is 32.2. The van der Waals surface area contributed by atoms with Gasteiger partial charge >= 0.3 is 5.97 Å². The van der Waals surface area contributed by atoms with Crippen molar-refractivity contribution >= 4 is 35.6 Å². The first-order valence-electron chi connectivity index (χ1n) is 7.83. The molecular weight excluding hydrogens is 372 g/mol. The number of carboxylic acid groups (broad SMARTS) is 1. The van der Waals surface area contributed by atoms with Gasteiger partial charge in [0.25, 0.3) is 5.22 Å². The van der Waals surface area contributed by atoms with Crippen LogP contribution in [0.25, 0.3) is 6.08 Å². The van der Waals surface area contributed by atoms with Crippen LogP contribution in [0.5, 0.6) is 0 Å². The van der Waals surface area contributed by atoms with Gasteiger partial charge in [-0.05, 0) is 43.0 Å². The van der Waals surface area contributed by atoms with E-state index in [9.17, 15) is 9.90 Å². The molecule has 26 heavy (non-hydrogen) atoms. The van der Waals surface area contributed by atoms with Crippen molar-refractivity contribution < 1.29 is 18.7 Å². The number of rotatable bonds is 7. The van der Waals surface area contributed by atoms with Gasteiger partial charge in [-0.2, -0.15) is 0 Å². The minimum absolute atomic E-state index is 0.0394. The van der Waals surface area contributed by atoms with Crippen LogP contribution in [0, 0.1) is 6.92 Å². The Bertz CT molecular complexity index is 929. The molecule has 2 aromatic heterocycles. The Morgan fingerprint density at radius 1 is 1.15 bits per heavy atom. The third-order valence-corrected chi connectivity index (χ3v) is 5.05. The molecule has 3 aromatic rings. The van der Waals surface area contributed by atoms with Crippen LogP contribution in [0.2, 0.25) is 0 Å². The SMILES string of the molecule is CCc1nnc(S/C(=C\c2ccc(Sc3ccc(C)cc3)o2)C(=O)O)o1. The smallest absolute Gasteiger partial charge is 0.342 e. The fraction of sp³-hybridized carbons (Fsp3) is 0.167. The first-order valence-corrected chi connectivity index (χ1v) is 9.46. The molecule has 2 heterocycles. The number of aryl methyl sites for hydroxylation is 2. The number of hydrogen-bond acceptors (Lipinski definition) is 7. The van der Waals surface area contributed by atoms with Crippen LogP contribution in [0.1, 0.15) is 24.1 Å². The maximum absolute atomic E-state index is 11.5. The Kier molecular flexibility index (Phi) is 5.85. The van der Waals surface area contributed by atoms with Crippen LogP contribution in [0.4, 0.5) is 0 Å². The van der Waals surface area contributed by atoms with Crippen LogP contribution < -0.4 is 0 Å². The molecule has 0 saturated carbocycles. The van der Waals surface area contributed by atoms with E-state index >= 15 is 0 Å². The second-order valence-electron chi connectivity index (χ2n) is 5.30. The average Bonchev–Trinajstić information content (AvgIpc) is 3.25. The van der Waals surface area contributed by atoms with Crippen molar-refractivity contribution in [3.63, 3.8) is 0 Å². The molecule has 0 unspecified atom stereocenters. The molecule has 0 amide bonds. The molecule has 0 aliphatic carbocycles. The maximum atomic E-state index is 11.5. The van der Waals surface area contributed by atoms with Crippen molar-refractivity contribution in [2.75, 3.05) is 0 Å². The lowest BCUT2D eigenvalue weighted by atomic mass is 10.2. The predicted molar refractivity (Wildman–Crippen MR) is 99.2 cm³/mol. The molecule has 0 bridgehead atoms. The number of hydrogen-bond donors (Lipinski definition) is 1. The molecule has 6 nitrogen and oxygen atoms in total. The lowest BCUT2D eigenvalue weighted by Crippen LogP contribution is -1.96. The highest BCUT2D eigenvalue weighted by Crippen LogP contribution is 2.32. The summed E-state index contributed by atoms with van der Waals surface area (Å²) in [4.78, 5) is 12.6. The van der Waals surface area contributed by atoms with Crippen molar-refractivity contribution in [1.29, 1.82) is 0 Å². The summed E-state index contributed by atoms with van der Waals surface area (Å²) in [6.07, 6.45) is 2.04. The Morgan fingerprint density at radius 3 is 2.58 bits per heavy atom. The standard InChI is InChI=1S/C18H16N2O4S2/c1-3-15-19-20-18(24-15)26-14(17(21)22)10-12-6-9-16(23-12)25-13-7-4-11(2)5-8-13/h4-10H,3H2,1-2H3,(H,21,22)/b14-10-. The summed E-state index contributed by atoms with van der Waals surface area (Å²) in [7, 11) is 0. The summed E-state index contributed by atoms with van der Waals surface area (Å²) < 4.78 is 11.1. The van der Waals surface area contributed by atoms with E-state index in [2.05, 4.69) is 10.2 Å². The minimum atomic E-state index is -1.09. The molecule has 3 rings (SSSR count). The number of nitrogens with zero attached hydrogens (tertiary/aromatic N) is 2. The van der Waals surface area contributed by atoms with Gasteiger partial charge in [0, 0.05) is 17.4 Å². The number of aliphatic carboxylic acids is 1. The van der Waals surface area contributed by atoms with Gasteiger partial charge in [0.05, 0.1) is 0 Å². The molecule has 0 fully saturated rings. The molecule has 0 saturated heterocycles. The fourth-order valence-electron chi connectivity index (χ4n) is 1.97. The normalized spacial score (nSPS) is 11.7. The third kappa shape index (κ3) is 4.80.